The van der Waals surface area contributed by atoms with Gasteiger partial charge in [-0.1, -0.05) is 36.4 Å². The van der Waals surface area contributed by atoms with E-state index in [1.54, 1.807) is 27.2 Å². The molecule has 0 unspecified atom stereocenters. The van der Waals surface area contributed by atoms with E-state index in [-0.39, 0.29) is 18.4 Å². The van der Waals surface area contributed by atoms with Gasteiger partial charge in [0.15, 0.2) is 0 Å². The van der Waals surface area contributed by atoms with Gasteiger partial charge in [0.1, 0.15) is 12.6 Å². The zero-order chi connectivity index (χ0) is 19.2. The van der Waals surface area contributed by atoms with E-state index in [1.165, 1.54) is 12.0 Å². The zero-order valence-corrected chi connectivity index (χ0v) is 16.3. The second-order valence-electron chi connectivity index (χ2n) is 6.49. The summed E-state index contributed by atoms with van der Waals surface area (Å²) in [5, 5.41) is 2.05. The molecule has 2 aromatic rings. The molecule has 0 spiro atoms. The van der Waals surface area contributed by atoms with Crippen molar-refractivity contribution >= 4 is 23.2 Å². The molecule has 0 radical (unpaired) electrons. The van der Waals surface area contributed by atoms with Crippen LogP contribution in [0.4, 0.5) is 0 Å². The monoisotopic (exact) mass is 384 g/mol. The van der Waals surface area contributed by atoms with Crippen LogP contribution in [-0.4, -0.2) is 61.0 Å². The summed E-state index contributed by atoms with van der Waals surface area (Å²) in [5.74, 6) is -0.183. The first-order valence-corrected chi connectivity index (χ1v) is 9.83. The van der Waals surface area contributed by atoms with Crippen LogP contribution < -0.4 is 0 Å². The highest BCUT2D eigenvalue weighted by Gasteiger charge is 2.36. The van der Waals surface area contributed by atoms with Crippen LogP contribution in [0.15, 0.2) is 54.4 Å². The topological polar surface area (TPSA) is 49.9 Å². The van der Waals surface area contributed by atoms with Gasteiger partial charge < -0.3 is 14.5 Å². The lowest BCUT2D eigenvalue weighted by molar-refractivity contribution is -0.152. The molecule has 1 fully saturated rings. The Hall–Kier alpha value is -2.44. The third kappa shape index (κ3) is 4.46. The van der Waals surface area contributed by atoms with Crippen LogP contribution in [0.5, 0.6) is 0 Å². The molecule has 1 aromatic carbocycles. The van der Waals surface area contributed by atoms with Gasteiger partial charge in [0.2, 0.25) is 11.8 Å². The summed E-state index contributed by atoms with van der Waals surface area (Å²) in [6, 6.07) is 11.8. The molecule has 0 saturated carbocycles. The Kier molecular flexibility index (Phi) is 6.42. The van der Waals surface area contributed by atoms with Gasteiger partial charge in [0.05, 0.1) is 0 Å². The normalized spacial score (nSPS) is 17.2. The average molecular weight is 385 g/mol. The molecule has 6 heteroatoms. The summed E-state index contributed by atoms with van der Waals surface area (Å²) in [5.41, 5.74) is 2.19. The quantitative estimate of drug-likeness (QED) is 0.690. The number of nitrogens with zero attached hydrogens (tertiary/aromatic N) is 2. The highest BCUT2D eigenvalue weighted by molar-refractivity contribution is 7.13. The first-order chi connectivity index (χ1) is 13.1. The Bertz CT molecular complexity index is 786. The molecule has 27 heavy (non-hydrogen) atoms. The fraction of sp³-hybridized carbons (Fsp3) is 0.333. The molecule has 0 N–H and O–H groups in total. The number of ether oxygens (including phenoxy) is 1. The van der Waals surface area contributed by atoms with Gasteiger partial charge in [-0.3, -0.25) is 9.59 Å². The fourth-order valence-electron chi connectivity index (χ4n) is 3.35. The van der Waals surface area contributed by atoms with E-state index < -0.39 is 6.04 Å². The van der Waals surface area contributed by atoms with Crippen molar-refractivity contribution in [1.29, 1.82) is 0 Å². The molecule has 0 aliphatic carbocycles. The molecule has 1 saturated heterocycles. The van der Waals surface area contributed by atoms with Crippen LogP contribution in [0.2, 0.25) is 0 Å². The Morgan fingerprint density at radius 2 is 2.07 bits per heavy atom. The number of amides is 2. The molecule has 2 heterocycles. The van der Waals surface area contributed by atoms with Crippen LogP contribution in [0.25, 0.3) is 10.4 Å². The third-order valence-corrected chi connectivity index (χ3v) is 5.63. The lowest BCUT2D eigenvalue weighted by Crippen LogP contribution is -2.60. The molecule has 3 rings (SSSR count). The molecule has 5 nitrogen and oxygen atoms in total. The Morgan fingerprint density at radius 3 is 2.70 bits per heavy atom. The van der Waals surface area contributed by atoms with Gasteiger partial charge in [-0.05, 0) is 22.6 Å². The Labute approximate surface area is 163 Å². The molecular weight excluding hydrogens is 360 g/mol. The summed E-state index contributed by atoms with van der Waals surface area (Å²) in [6.07, 6.45) is 2.21. The summed E-state index contributed by atoms with van der Waals surface area (Å²) in [7, 11) is 1.49. The average Bonchev–Trinajstić information content (AvgIpc) is 3.21. The predicted octanol–water partition coefficient (Wildman–Crippen LogP) is 2.83. The third-order valence-electron chi connectivity index (χ3n) is 4.71. The molecule has 1 aromatic heterocycles. The van der Waals surface area contributed by atoms with Crippen molar-refractivity contribution < 1.29 is 14.3 Å². The lowest BCUT2D eigenvalue weighted by atomic mass is 9.99. The number of piperazine rings is 1. The minimum atomic E-state index is -0.506. The van der Waals surface area contributed by atoms with Crippen molar-refractivity contribution in [3.63, 3.8) is 0 Å². The number of hydrogen-bond donors (Lipinski definition) is 0. The number of thiophene rings is 1. The maximum atomic E-state index is 12.9. The van der Waals surface area contributed by atoms with Crippen LogP contribution in [0.1, 0.15) is 5.56 Å². The molecule has 0 bridgehead atoms. The smallest absolute Gasteiger partial charge is 0.249 e. The second-order valence-corrected chi connectivity index (χ2v) is 7.43. The van der Waals surface area contributed by atoms with E-state index in [4.69, 9.17) is 4.74 Å². The van der Waals surface area contributed by atoms with E-state index in [0.717, 1.165) is 11.1 Å². The van der Waals surface area contributed by atoms with E-state index in [1.807, 2.05) is 18.2 Å². The minimum absolute atomic E-state index is 0.0114. The van der Waals surface area contributed by atoms with Crippen molar-refractivity contribution in [2.24, 2.45) is 0 Å². The van der Waals surface area contributed by atoms with Gasteiger partial charge in [-0.25, -0.2) is 0 Å². The number of rotatable bonds is 7. The number of carbonyl (C=O) groups is 2. The van der Waals surface area contributed by atoms with Crippen LogP contribution in [0.3, 0.4) is 0 Å². The minimum Gasteiger partial charge on any atom is -0.375 e. The standard InChI is InChI=1S/C21H24N2O3S/c1-3-10-22-11-12-23(20(24)15-26-2)18(21(22)25)14-16-6-8-17(9-7-16)19-5-4-13-27-19/h3-9,13,18H,1,10-12,14-15H2,2H3/t18-/m0/s1. The molecular formula is C21H24N2O3S. The van der Waals surface area contributed by atoms with Gasteiger partial charge in [-0.15, -0.1) is 17.9 Å². The number of carbonyl (C=O) groups excluding carboxylic acids is 2. The van der Waals surface area contributed by atoms with Crippen LogP contribution >= 0.6 is 11.3 Å². The van der Waals surface area contributed by atoms with Gasteiger partial charge in [0.25, 0.3) is 0 Å². The van der Waals surface area contributed by atoms with Gasteiger partial charge in [-0.2, -0.15) is 0 Å². The maximum absolute atomic E-state index is 12.9. The van der Waals surface area contributed by atoms with Crippen molar-refractivity contribution in [2.45, 2.75) is 12.5 Å². The summed E-state index contributed by atoms with van der Waals surface area (Å²) in [6.45, 7) is 5.25. The largest absolute Gasteiger partial charge is 0.375 e. The Morgan fingerprint density at radius 1 is 1.30 bits per heavy atom. The summed E-state index contributed by atoms with van der Waals surface area (Å²) < 4.78 is 4.99. The van der Waals surface area contributed by atoms with E-state index in [9.17, 15) is 9.59 Å². The van der Waals surface area contributed by atoms with E-state index in [0.29, 0.717) is 26.1 Å². The van der Waals surface area contributed by atoms with Crippen molar-refractivity contribution in [3.05, 3.63) is 60.0 Å². The van der Waals surface area contributed by atoms with Crippen LogP contribution in [-0.2, 0) is 20.7 Å². The predicted molar refractivity (Wildman–Crippen MR) is 108 cm³/mol. The lowest BCUT2D eigenvalue weighted by Gasteiger charge is -2.40. The first kappa shape index (κ1) is 19.3. The Balaban J connectivity index is 1.79. The van der Waals surface area contributed by atoms with Gasteiger partial charge >= 0.3 is 0 Å². The SMILES string of the molecule is C=CCN1CCN(C(=O)COC)[C@@H](Cc2ccc(-c3cccs3)cc2)C1=O. The summed E-state index contributed by atoms with van der Waals surface area (Å²) in [4.78, 5) is 30.0. The highest BCUT2D eigenvalue weighted by atomic mass is 32.1. The zero-order valence-electron chi connectivity index (χ0n) is 15.5. The van der Waals surface area contributed by atoms with E-state index in [2.05, 4.69) is 30.2 Å². The maximum Gasteiger partial charge on any atom is 0.249 e. The van der Waals surface area contributed by atoms with Gasteiger partial charge in [0, 0.05) is 38.0 Å². The van der Waals surface area contributed by atoms with Crippen molar-refractivity contribution in [1.82, 2.24) is 9.80 Å². The number of methoxy groups -OCH3 is 1. The fourth-order valence-corrected chi connectivity index (χ4v) is 4.08. The summed E-state index contributed by atoms with van der Waals surface area (Å²) >= 11 is 1.70. The first-order valence-electron chi connectivity index (χ1n) is 8.95. The molecule has 142 valence electrons. The van der Waals surface area contributed by atoms with Crippen molar-refractivity contribution in [3.8, 4) is 10.4 Å². The number of benzene rings is 1. The van der Waals surface area contributed by atoms with E-state index >= 15 is 0 Å². The highest BCUT2D eigenvalue weighted by Crippen LogP contribution is 2.25. The molecule has 1 aliphatic heterocycles. The second kappa shape index (κ2) is 8.97. The van der Waals surface area contributed by atoms with Crippen molar-refractivity contribution in [2.75, 3.05) is 33.4 Å². The number of hydrogen-bond acceptors (Lipinski definition) is 4. The molecule has 2 amide bonds. The molecule has 1 aliphatic rings. The molecule has 1 atom stereocenters. The van der Waals surface area contributed by atoms with Crippen LogP contribution in [0, 0.1) is 0 Å².